The van der Waals surface area contributed by atoms with Crippen molar-refractivity contribution in [3.8, 4) is 0 Å². The molecule has 0 aromatic carbocycles. The first-order valence-electron chi connectivity index (χ1n) is 10.8. The Kier molecular flexibility index (Phi) is 6.56. The van der Waals surface area contributed by atoms with Gasteiger partial charge in [-0.1, -0.05) is 0 Å². The Morgan fingerprint density at radius 2 is 2.06 bits per heavy atom. The maximum Gasteiger partial charge on any atom is 0.248 e. The third-order valence-electron chi connectivity index (χ3n) is 5.87. The average Bonchev–Trinajstić information content (AvgIpc) is 3.57. The number of rotatable bonds is 9. The number of hydrogen-bond acceptors (Lipinski definition) is 8. The molecule has 1 atom stereocenters. The van der Waals surface area contributed by atoms with Gasteiger partial charge in [-0.05, 0) is 44.1 Å². The molecule has 0 radical (unpaired) electrons. The van der Waals surface area contributed by atoms with Gasteiger partial charge in [-0.3, -0.25) is 9.48 Å². The zero-order valence-corrected chi connectivity index (χ0v) is 18.8. The van der Waals surface area contributed by atoms with Crippen LogP contribution in [0.5, 0.6) is 0 Å². The summed E-state index contributed by atoms with van der Waals surface area (Å²) in [6.07, 6.45) is 7.61. The Bertz CT molecular complexity index is 1090. The lowest BCUT2D eigenvalue weighted by molar-refractivity contribution is -0.117. The van der Waals surface area contributed by atoms with Gasteiger partial charge in [0.05, 0.1) is 15.7 Å². The van der Waals surface area contributed by atoms with Gasteiger partial charge in [-0.15, -0.1) is 0 Å². The summed E-state index contributed by atoms with van der Waals surface area (Å²) in [5.41, 5.74) is 0.182. The second-order valence-electron chi connectivity index (χ2n) is 8.31. The average molecular weight is 461 g/mol. The van der Waals surface area contributed by atoms with Crippen LogP contribution in [0.3, 0.4) is 0 Å². The number of anilines is 2. The van der Waals surface area contributed by atoms with E-state index in [4.69, 9.17) is 10.1 Å². The topological polar surface area (TPSA) is 139 Å². The molecule has 2 aliphatic rings. The van der Waals surface area contributed by atoms with Crippen molar-refractivity contribution in [2.45, 2.75) is 48.3 Å². The van der Waals surface area contributed by atoms with Gasteiger partial charge < -0.3 is 20.8 Å². The molecule has 0 bridgehead atoms. The predicted molar refractivity (Wildman–Crippen MR) is 120 cm³/mol. The van der Waals surface area contributed by atoms with Gasteiger partial charge in [0.2, 0.25) is 5.91 Å². The van der Waals surface area contributed by atoms with Crippen molar-refractivity contribution in [1.29, 1.82) is 5.41 Å². The molecule has 10 nitrogen and oxygen atoms in total. The number of aromatic nitrogens is 3. The number of carbonyl (C=O) groups is 1. The van der Waals surface area contributed by atoms with Crippen LogP contribution in [0.4, 0.5) is 11.6 Å². The minimum Gasteiger partial charge on any atom is -0.381 e. The Balaban J connectivity index is 1.61. The molecule has 32 heavy (non-hydrogen) atoms. The van der Waals surface area contributed by atoms with Gasteiger partial charge in [0.1, 0.15) is 11.9 Å². The lowest BCUT2D eigenvalue weighted by Crippen LogP contribution is -2.38. The van der Waals surface area contributed by atoms with Crippen molar-refractivity contribution >= 4 is 33.6 Å². The van der Waals surface area contributed by atoms with E-state index in [1.165, 1.54) is 12.3 Å². The van der Waals surface area contributed by atoms with E-state index < -0.39 is 21.1 Å². The Hall–Kier alpha value is -2.79. The SMILES string of the molecule is Cn1ccc(NC(=O)C(CC2CCOCC2)Nc2nccc(S(=O)(=O)C3CC3)c2C=N)n1. The van der Waals surface area contributed by atoms with Crippen LogP contribution in [0.1, 0.15) is 37.7 Å². The molecule has 1 unspecified atom stereocenters. The summed E-state index contributed by atoms with van der Waals surface area (Å²) in [7, 11) is -1.76. The molecule has 3 heterocycles. The van der Waals surface area contributed by atoms with Crippen molar-refractivity contribution in [3.05, 3.63) is 30.1 Å². The molecule has 2 aromatic heterocycles. The zero-order chi connectivity index (χ0) is 22.7. The predicted octanol–water partition coefficient (Wildman–Crippen LogP) is 1.98. The first-order valence-corrected chi connectivity index (χ1v) is 12.3. The van der Waals surface area contributed by atoms with Gasteiger partial charge in [0, 0.05) is 44.9 Å². The summed E-state index contributed by atoms with van der Waals surface area (Å²) in [5, 5.41) is 17.6. The van der Waals surface area contributed by atoms with Crippen LogP contribution < -0.4 is 10.6 Å². The number of aryl methyl sites for hydroxylation is 1. The van der Waals surface area contributed by atoms with E-state index >= 15 is 0 Å². The van der Waals surface area contributed by atoms with Gasteiger partial charge in [0.15, 0.2) is 15.7 Å². The summed E-state index contributed by atoms with van der Waals surface area (Å²) in [4.78, 5) is 17.5. The third-order valence-corrected chi connectivity index (χ3v) is 8.18. The molecule has 172 valence electrons. The van der Waals surface area contributed by atoms with E-state index in [-0.39, 0.29) is 28.1 Å². The van der Waals surface area contributed by atoms with Gasteiger partial charge in [0.25, 0.3) is 0 Å². The van der Waals surface area contributed by atoms with E-state index in [2.05, 4.69) is 20.7 Å². The summed E-state index contributed by atoms with van der Waals surface area (Å²) >= 11 is 0. The molecule has 1 saturated carbocycles. The number of pyridine rings is 1. The van der Waals surface area contributed by atoms with E-state index in [1.807, 2.05) is 0 Å². The van der Waals surface area contributed by atoms with Crippen LogP contribution in [-0.2, 0) is 26.4 Å². The highest BCUT2D eigenvalue weighted by atomic mass is 32.2. The van der Waals surface area contributed by atoms with Crippen LogP contribution in [0.15, 0.2) is 29.4 Å². The first kappa shape index (κ1) is 22.4. The van der Waals surface area contributed by atoms with E-state index in [0.29, 0.717) is 38.3 Å². The lowest BCUT2D eigenvalue weighted by atomic mass is 9.92. The number of hydrogen-bond donors (Lipinski definition) is 3. The molecular weight excluding hydrogens is 432 g/mol. The monoisotopic (exact) mass is 460 g/mol. The Morgan fingerprint density at radius 3 is 2.69 bits per heavy atom. The number of nitrogens with one attached hydrogen (secondary N) is 3. The van der Waals surface area contributed by atoms with Crippen LogP contribution in [0, 0.1) is 11.3 Å². The maximum atomic E-state index is 13.1. The molecule has 2 fully saturated rings. The van der Waals surface area contributed by atoms with Crippen molar-refractivity contribution in [1.82, 2.24) is 14.8 Å². The normalized spacial score (nSPS) is 18.2. The van der Waals surface area contributed by atoms with Crippen LogP contribution >= 0.6 is 0 Å². The van der Waals surface area contributed by atoms with E-state index in [9.17, 15) is 13.2 Å². The standard InChI is InChI=1S/C21H28N6O4S/c1-27-9-5-19(26-27)25-21(28)17(12-14-6-10-31-11-7-14)24-20-16(13-22)18(4-8-23-20)32(29,30)15-2-3-15/h4-5,8-9,13-15,17,22H,2-3,6-7,10-12H2,1H3,(H,23,24)(H,25,26,28). The smallest absolute Gasteiger partial charge is 0.248 e. The molecule has 0 spiro atoms. The number of ether oxygens (including phenoxy) is 1. The summed E-state index contributed by atoms with van der Waals surface area (Å²) in [6.45, 7) is 1.30. The fraction of sp³-hybridized carbons (Fsp3) is 0.524. The minimum absolute atomic E-state index is 0.0856. The van der Waals surface area contributed by atoms with E-state index in [0.717, 1.165) is 19.1 Å². The molecule has 1 amide bonds. The van der Waals surface area contributed by atoms with Crippen LogP contribution in [0.25, 0.3) is 0 Å². The highest BCUT2D eigenvalue weighted by Crippen LogP contribution is 2.36. The fourth-order valence-electron chi connectivity index (χ4n) is 3.92. The quantitative estimate of drug-likeness (QED) is 0.486. The third kappa shape index (κ3) is 4.99. The number of sulfone groups is 1. The molecule has 3 N–H and O–H groups in total. The second-order valence-corrected chi connectivity index (χ2v) is 10.5. The Morgan fingerprint density at radius 1 is 1.31 bits per heavy atom. The molecule has 1 aliphatic carbocycles. The molecular formula is C21H28N6O4S. The maximum absolute atomic E-state index is 13.1. The fourth-order valence-corrected chi connectivity index (χ4v) is 5.75. The summed E-state index contributed by atoms with van der Waals surface area (Å²) in [6, 6.07) is 2.46. The number of nitrogens with zero attached hydrogens (tertiary/aromatic N) is 3. The molecule has 2 aromatic rings. The summed E-state index contributed by atoms with van der Waals surface area (Å²) < 4.78 is 32.7. The first-order chi connectivity index (χ1) is 15.4. The zero-order valence-electron chi connectivity index (χ0n) is 18.0. The number of carbonyl (C=O) groups excluding carboxylic acids is 1. The number of amides is 1. The molecule has 11 heteroatoms. The van der Waals surface area contributed by atoms with Crippen molar-refractivity contribution in [2.24, 2.45) is 13.0 Å². The van der Waals surface area contributed by atoms with Crippen LogP contribution in [-0.4, -0.2) is 59.8 Å². The highest BCUT2D eigenvalue weighted by molar-refractivity contribution is 7.92. The summed E-state index contributed by atoms with van der Waals surface area (Å²) in [5.74, 6) is 0.637. The second kappa shape index (κ2) is 9.37. The lowest BCUT2D eigenvalue weighted by Gasteiger charge is -2.27. The molecule has 1 saturated heterocycles. The van der Waals surface area contributed by atoms with Gasteiger partial charge >= 0.3 is 0 Å². The largest absolute Gasteiger partial charge is 0.381 e. The molecule has 1 aliphatic heterocycles. The van der Waals surface area contributed by atoms with Crippen molar-refractivity contribution in [2.75, 3.05) is 23.8 Å². The molecule has 4 rings (SSSR count). The Labute approximate surface area is 187 Å². The van der Waals surface area contributed by atoms with Gasteiger partial charge in [-0.25, -0.2) is 13.4 Å². The highest BCUT2D eigenvalue weighted by Gasteiger charge is 2.38. The van der Waals surface area contributed by atoms with E-state index in [1.54, 1.807) is 24.0 Å². The minimum atomic E-state index is -3.52. The van der Waals surface area contributed by atoms with Crippen LogP contribution in [0.2, 0.25) is 0 Å². The van der Waals surface area contributed by atoms with Gasteiger partial charge in [-0.2, -0.15) is 5.10 Å². The van der Waals surface area contributed by atoms with Crippen molar-refractivity contribution < 1.29 is 17.9 Å². The van der Waals surface area contributed by atoms with Crippen molar-refractivity contribution in [3.63, 3.8) is 0 Å².